The van der Waals surface area contributed by atoms with Gasteiger partial charge in [-0.15, -0.1) is 0 Å². The van der Waals surface area contributed by atoms with Crippen LogP contribution in [0.3, 0.4) is 0 Å². The third-order valence-corrected chi connectivity index (χ3v) is 4.31. The lowest BCUT2D eigenvalue weighted by Gasteiger charge is -2.29. The normalized spacial score (nSPS) is 15.3. The number of rotatable bonds is 4. The van der Waals surface area contributed by atoms with Crippen molar-refractivity contribution in [2.75, 3.05) is 31.5 Å². The van der Waals surface area contributed by atoms with Gasteiger partial charge in [0.05, 0.1) is 5.69 Å². The van der Waals surface area contributed by atoms with Gasteiger partial charge in [0.1, 0.15) is 5.60 Å². The molecule has 1 aliphatic heterocycles. The fourth-order valence-electron chi connectivity index (χ4n) is 2.97. The van der Waals surface area contributed by atoms with Crippen molar-refractivity contribution in [2.45, 2.75) is 46.8 Å². The monoisotopic (exact) mass is 360 g/mol. The molecule has 0 atom stereocenters. The smallest absolute Gasteiger partial charge is 0.412 e. The Morgan fingerprint density at radius 1 is 1.35 bits per heavy atom. The van der Waals surface area contributed by atoms with E-state index in [0.29, 0.717) is 11.4 Å². The van der Waals surface area contributed by atoms with Gasteiger partial charge in [0.15, 0.2) is 0 Å². The van der Waals surface area contributed by atoms with Gasteiger partial charge in [-0.05, 0) is 62.9 Å². The fraction of sp³-hybridized carbons (Fsp3) is 0.611. The molecule has 1 saturated heterocycles. The maximum absolute atomic E-state index is 12.2. The molecule has 1 amide bonds. The average molecular weight is 360 g/mol. The predicted octanol–water partition coefficient (Wildman–Crippen LogP) is 4.00. The number of carbonyl (C=O) groups excluding carboxylic acids is 1. The van der Waals surface area contributed by atoms with E-state index in [1.807, 2.05) is 40.7 Å². The summed E-state index contributed by atoms with van der Waals surface area (Å²) in [5.74, 6) is 0. The van der Waals surface area contributed by atoms with E-state index in [1.165, 1.54) is 0 Å². The third kappa shape index (κ3) is 5.36. The average Bonchev–Trinajstić information content (AvgIpc) is 2.55. The summed E-state index contributed by atoms with van der Waals surface area (Å²) in [5, 5.41) is 9.97. The quantitative estimate of drug-likeness (QED) is 0.481. The van der Waals surface area contributed by atoms with E-state index < -0.39 is 11.7 Å². The second-order valence-electron chi connectivity index (χ2n) is 7.52. The fourth-order valence-corrected chi connectivity index (χ4v) is 2.97. The number of benzene rings is 1. The van der Waals surface area contributed by atoms with E-state index >= 15 is 0 Å². The predicted molar refractivity (Wildman–Crippen MR) is 103 cm³/mol. The van der Waals surface area contributed by atoms with Crippen LogP contribution >= 0.6 is 0 Å². The topological polar surface area (TPSA) is 102 Å². The Labute approximate surface area is 154 Å². The Balaban J connectivity index is 2.35. The van der Waals surface area contributed by atoms with Crippen LogP contribution in [-0.2, 0) is 11.3 Å². The van der Waals surface area contributed by atoms with Crippen LogP contribution in [0.25, 0.3) is 10.4 Å². The number of nitrogens with one attached hydrogen (secondary N) is 2. The minimum absolute atomic E-state index is 0.519. The Hall–Kier alpha value is -2.28. The van der Waals surface area contributed by atoms with Gasteiger partial charge in [-0.2, -0.15) is 0 Å². The van der Waals surface area contributed by atoms with Crippen LogP contribution in [0.2, 0.25) is 0 Å². The van der Waals surface area contributed by atoms with Gasteiger partial charge in [0, 0.05) is 43.3 Å². The van der Waals surface area contributed by atoms with Crippen LogP contribution in [-0.4, -0.2) is 42.8 Å². The van der Waals surface area contributed by atoms with Crippen LogP contribution in [0.15, 0.2) is 11.2 Å². The van der Waals surface area contributed by atoms with Crippen molar-refractivity contribution in [3.05, 3.63) is 33.2 Å². The van der Waals surface area contributed by atoms with Crippen LogP contribution in [0.1, 0.15) is 37.5 Å². The Bertz CT molecular complexity index is 713. The minimum Gasteiger partial charge on any atom is -0.444 e. The summed E-state index contributed by atoms with van der Waals surface area (Å²) in [6.45, 7) is 13.8. The first-order valence-corrected chi connectivity index (χ1v) is 8.82. The van der Waals surface area contributed by atoms with E-state index in [0.717, 1.165) is 49.4 Å². The third-order valence-electron chi connectivity index (χ3n) is 4.31. The molecule has 0 aliphatic carbocycles. The Morgan fingerprint density at radius 2 is 2.00 bits per heavy atom. The highest BCUT2D eigenvalue weighted by atomic mass is 16.6. The summed E-state index contributed by atoms with van der Waals surface area (Å²) in [6, 6.07) is 1.91. The molecule has 0 spiro atoms. The van der Waals surface area contributed by atoms with Crippen molar-refractivity contribution in [1.29, 1.82) is 0 Å². The number of amides is 1. The van der Waals surface area contributed by atoms with Crippen LogP contribution in [0.4, 0.5) is 16.2 Å². The van der Waals surface area contributed by atoms with Gasteiger partial charge in [-0.1, -0.05) is 5.11 Å². The second-order valence-corrected chi connectivity index (χ2v) is 7.52. The molecule has 0 radical (unpaired) electrons. The molecular formula is C18H28N6O2. The van der Waals surface area contributed by atoms with Gasteiger partial charge >= 0.3 is 6.09 Å². The zero-order valence-electron chi connectivity index (χ0n) is 16.2. The highest BCUT2D eigenvalue weighted by Gasteiger charge is 2.20. The van der Waals surface area contributed by atoms with Crippen molar-refractivity contribution >= 4 is 17.5 Å². The van der Waals surface area contributed by atoms with E-state index in [2.05, 4.69) is 25.6 Å². The first kappa shape index (κ1) is 20.0. The summed E-state index contributed by atoms with van der Waals surface area (Å²) >= 11 is 0. The maximum atomic E-state index is 12.2. The minimum atomic E-state index is -0.585. The molecule has 2 N–H and O–H groups in total. The molecule has 8 heteroatoms. The summed E-state index contributed by atoms with van der Waals surface area (Å²) in [7, 11) is 0. The van der Waals surface area contributed by atoms with E-state index in [1.54, 1.807) is 0 Å². The molecule has 0 unspecified atom stereocenters. The van der Waals surface area contributed by atoms with Crippen molar-refractivity contribution in [2.24, 2.45) is 5.11 Å². The molecule has 0 bridgehead atoms. The molecule has 0 saturated carbocycles. The summed E-state index contributed by atoms with van der Waals surface area (Å²) in [5.41, 5.74) is 12.2. The zero-order chi connectivity index (χ0) is 19.3. The lowest BCUT2D eigenvalue weighted by molar-refractivity contribution is 0.0635. The molecule has 26 heavy (non-hydrogen) atoms. The SMILES string of the molecule is Cc1c(CN2CCNCC2)cc(N=[N+]=[N-])c(C)c1NC(=O)OC(C)(C)C. The van der Waals surface area contributed by atoms with Gasteiger partial charge in [0.2, 0.25) is 0 Å². The number of carbonyl (C=O) groups is 1. The van der Waals surface area contributed by atoms with Gasteiger partial charge in [0.25, 0.3) is 0 Å². The summed E-state index contributed by atoms with van der Waals surface area (Å²) in [4.78, 5) is 17.5. The largest absolute Gasteiger partial charge is 0.444 e. The van der Waals surface area contributed by atoms with Crippen LogP contribution in [0.5, 0.6) is 0 Å². The van der Waals surface area contributed by atoms with E-state index in [9.17, 15) is 4.79 Å². The number of ether oxygens (including phenoxy) is 1. The summed E-state index contributed by atoms with van der Waals surface area (Å²) < 4.78 is 5.37. The lowest BCUT2D eigenvalue weighted by Crippen LogP contribution is -2.43. The summed E-state index contributed by atoms with van der Waals surface area (Å²) in [6.07, 6.45) is -0.519. The van der Waals surface area contributed by atoms with Gasteiger partial charge in [-0.25, -0.2) is 4.79 Å². The Morgan fingerprint density at radius 3 is 2.58 bits per heavy atom. The van der Waals surface area contributed by atoms with Crippen molar-refractivity contribution in [3.8, 4) is 0 Å². The van der Waals surface area contributed by atoms with Crippen LogP contribution < -0.4 is 10.6 Å². The number of nitrogens with zero attached hydrogens (tertiary/aromatic N) is 4. The molecule has 1 heterocycles. The van der Waals surface area contributed by atoms with Crippen molar-refractivity contribution < 1.29 is 9.53 Å². The van der Waals surface area contributed by atoms with Crippen molar-refractivity contribution in [3.63, 3.8) is 0 Å². The van der Waals surface area contributed by atoms with E-state index in [-0.39, 0.29) is 0 Å². The van der Waals surface area contributed by atoms with E-state index in [4.69, 9.17) is 10.3 Å². The molecular weight excluding hydrogens is 332 g/mol. The number of anilines is 1. The zero-order valence-corrected chi connectivity index (χ0v) is 16.2. The first-order chi connectivity index (χ1) is 12.2. The lowest BCUT2D eigenvalue weighted by atomic mass is 10.00. The second kappa shape index (κ2) is 8.40. The molecule has 1 aromatic carbocycles. The number of piperazine rings is 1. The number of hydrogen-bond acceptors (Lipinski definition) is 5. The molecule has 8 nitrogen and oxygen atoms in total. The molecule has 1 aliphatic rings. The standard InChI is InChI=1S/C18H28N6O2/c1-12-14(11-24-8-6-20-7-9-24)10-15(22-23-19)13(2)16(12)21-17(25)26-18(3,4)5/h10,20H,6-9,11H2,1-5H3,(H,21,25). The Kier molecular flexibility index (Phi) is 6.47. The van der Waals surface area contributed by atoms with Crippen molar-refractivity contribution in [1.82, 2.24) is 10.2 Å². The molecule has 1 fully saturated rings. The molecule has 0 aromatic heterocycles. The highest BCUT2D eigenvalue weighted by Crippen LogP contribution is 2.33. The molecule has 2 rings (SSSR count). The van der Waals surface area contributed by atoms with Crippen LogP contribution in [0, 0.1) is 13.8 Å². The van der Waals surface area contributed by atoms with Gasteiger partial charge in [-0.3, -0.25) is 10.2 Å². The molecule has 1 aromatic rings. The number of hydrogen-bond donors (Lipinski definition) is 2. The van der Waals surface area contributed by atoms with Gasteiger partial charge < -0.3 is 10.1 Å². The first-order valence-electron chi connectivity index (χ1n) is 8.82. The molecule has 142 valence electrons. The maximum Gasteiger partial charge on any atom is 0.412 e. The number of azide groups is 1. The highest BCUT2D eigenvalue weighted by molar-refractivity contribution is 5.89.